The Balaban J connectivity index is 2.39. The molecule has 98 valence electrons. The standard InChI is InChI=1S/C11H18N6O/c1-11(2,4-5-18)16-8-7-6-13-17-9(7)15-10(12-3)14-8/h6,18H,4-5H2,1-3H3,(H3,12,13,14,15,16,17). The zero-order valence-corrected chi connectivity index (χ0v) is 10.8. The van der Waals surface area contributed by atoms with Gasteiger partial charge in [-0.15, -0.1) is 0 Å². The number of aliphatic hydroxyl groups excluding tert-OH is 1. The first-order valence-electron chi connectivity index (χ1n) is 5.83. The van der Waals surface area contributed by atoms with Crippen molar-refractivity contribution in [3.8, 4) is 0 Å². The van der Waals surface area contributed by atoms with Gasteiger partial charge in [-0.05, 0) is 20.3 Å². The molecule has 0 saturated carbocycles. The van der Waals surface area contributed by atoms with E-state index in [1.54, 1.807) is 13.2 Å². The summed E-state index contributed by atoms with van der Waals surface area (Å²) < 4.78 is 0. The molecule has 0 aliphatic rings. The minimum Gasteiger partial charge on any atom is -0.396 e. The molecule has 0 spiro atoms. The van der Waals surface area contributed by atoms with Gasteiger partial charge in [0.25, 0.3) is 0 Å². The Kier molecular flexibility index (Phi) is 3.33. The Labute approximate surface area is 105 Å². The van der Waals surface area contributed by atoms with Crippen molar-refractivity contribution in [1.82, 2.24) is 20.2 Å². The molecule has 0 aliphatic heterocycles. The van der Waals surface area contributed by atoms with Gasteiger partial charge in [-0.3, -0.25) is 5.10 Å². The van der Waals surface area contributed by atoms with Gasteiger partial charge in [-0.1, -0.05) is 0 Å². The third kappa shape index (κ3) is 2.51. The number of fused-ring (bicyclic) bond motifs is 1. The summed E-state index contributed by atoms with van der Waals surface area (Å²) in [5.41, 5.74) is 0.426. The monoisotopic (exact) mass is 250 g/mol. The highest BCUT2D eigenvalue weighted by Gasteiger charge is 2.19. The van der Waals surface area contributed by atoms with Gasteiger partial charge in [0, 0.05) is 19.2 Å². The van der Waals surface area contributed by atoms with E-state index < -0.39 is 0 Å². The summed E-state index contributed by atoms with van der Waals surface area (Å²) >= 11 is 0. The van der Waals surface area contributed by atoms with Crippen molar-refractivity contribution in [2.45, 2.75) is 25.8 Å². The summed E-state index contributed by atoms with van der Waals surface area (Å²) in [5, 5.41) is 22.9. The Bertz CT molecular complexity index is 535. The third-order valence-electron chi connectivity index (χ3n) is 2.73. The highest BCUT2D eigenvalue weighted by Crippen LogP contribution is 2.24. The first kappa shape index (κ1) is 12.6. The highest BCUT2D eigenvalue weighted by molar-refractivity contribution is 5.87. The van der Waals surface area contributed by atoms with Crippen LogP contribution in [0.1, 0.15) is 20.3 Å². The summed E-state index contributed by atoms with van der Waals surface area (Å²) in [6, 6.07) is 0. The molecule has 0 bridgehead atoms. The Morgan fingerprint density at radius 2 is 2.17 bits per heavy atom. The molecule has 0 radical (unpaired) electrons. The maximum absolute atomic E-state index is 9.05. The molecule has 2 aromatic heterocycles. The average Bonchev–Trinajstić information content (AvgIpc) is 2.76. The maximum atomic E-state index is 9.05. The second kappa shape index (κ2) is 4.77. The van der Waals surface area contributed by atoms with Crippen molar-refractivity contribution >= 4 is 22.8 Å². The highest BCUT2D eigenvalue weighted by atomic mass is 16.3. The van der Waals surface area contributed by atoms with E-state index in [0.29, 0.717) is 23.8 Å². The zero-order valence-electron chi connectivity index (χ0n) is 10.8. The van der Waals surface area contributed by atoms with Crippen molar-refractivity contribution < 1.29 is 5.11 Å². The van der Waals surface area contributed by atoms with Crippen LogP contribution in [0.4, 0.5) is 11.8 Å². The van der Waals surface area contributed by atoms with Crippen molar-refractivity contribution in [2.24, 2.45) is 0 Å². The number of nitrogens with one attached hydrogen (secondary N) is 3. The van der Waals surface area contributed by atoms with E-state index >= 15 is 0 Å². The van der Waals surface area contributed by atoms with E-state index in [1.807, 2.05) is 13.8 Å². The second-order valence-corrected chi connectivity index (χ2v) is 4.76. The van der Waals surface area contributed by atoms with Crippen LogP contribution >= 0.6 is 0 Å². The molecule has 4 N–H and O–H groups in total. The second-order valence-electron chi connectivity index (χ2n) is 4.76. The number of anilines is 2. The number of hydrogen-bond donors (Lipinski definition) is 4. The fourth-order valence-electron chi connectivity index (χ4n) is 1.70. The van der Waals surface area contributed by atoms with E-state index in [9.17, 15) is 0 Å². The van der Waals surface area contributed by atoms with E-state index in [2.05, 4.69) is 30.8 Å². The first-order chi connectivity index (χ1) is 8.55. The van der Waals surface area contributed by atoms with Gasteiger partial charge >= 0.3 is 0 Å². The number of rotatable bonds is 5. The summed E-state index contributed by atoms with van der Waals surface area (Å²) in [7, 11) is 1.76. The summed E-state index contributed by atoms with van der Waals surface area (Å²) in [4.78, 5) is 8.64. The van der Waals surface area contributed by atoms with Crippen molar-refractivity contribution in [2.75, 3.05) is 24.3 Å². The Hall–Kier alpha value is -1.89. The molecular weight excluding hydrogens is 232 g/mol. The lowest BCUT2D eigenvalue weighted by atomic mass is 10.0. The molecule has 2 rings (SSSR count). The SMILES string of the molecule is CNc1nc(NC(C)(C)CCO)c2cn[nH]c2n1. The van der Waals surface area contributed by atoms with Crippen LogP contribution in [0.5, 0.6) is 0 Å². The van der Waals surface area contributed by atoms with Gasteiger partial charge in [0.2, 0.25) is 5.95 Å². The first-order valence-corrected chi connectivity index (χ1v) is 5.83. The predicted molar refractivity (Wildman–Crippen MR) is 70.6 cm³/mol. The van der Waals surface area contributed by atoms with Gasteiger partial charge in [0.1, 0.15) is 5.82 Å². The molecule has 2 heterocycles. The predicted octanol–water partition coefficient (Wildman–Crippen LogP) is 0.967. The molecule has 2 aromatic rings. The fourth-order valence-corrected chi connectivity index (χ4v) is 1.70. The molecular formula is C11H18N6O. The normalized spacial score (nSPS) is 11.8. The number of hydrogen-bond acceptors (Lipinski definition) is 6. The van der Waals surface area contributed by atoms with Crippen LogP contribution in [0.25, 0.3) is 11.0 Å². The summed E-state index contributed by atoms with van der Waals surface area (Å²) in [6.45, 7) is 4.14. The van der Waals surface area contributed by atoms with Crippen LogP contribution in [0.2, 0.25) is 0 Å². The lowest BCUT2D eigenvalue weighted by Gasteiger charge is -2.26. The molecule has 0 aromatic carbocycles. The van der Waals surface area contributed by atoms with Gasteiger partial charge in [-0.2, -0.15) is 15.1 Å². The number of aromatic nitrogens is 4. The number of aromatic amines is 1. The van der Waals surface area contributed by atoms with Crippen LogP contribution in [0.3, 0.4) is 0 Å². The minimum absolute atomic E-state index is 0.124. The third-order valence-corrected chi connectivity index (χ3v) is 2.73. The largest absolute Gasteiger partial charge is 0.396 e. The molecule has 0 amide bonds. The van der Waals surface area contributed by atoms with E-state index in [1.165, 1.54) is 0 Å². The van der Waals surface area contributed by atoms with Crippen LogP contribution in [-0.2, 0) is 0 Å². The molecule has 0 saturated heterocycles. The van der Waals surface area contributed by atoms with E-state index in [-0.39, 0.29) is 12.1 Å². The molecule has 0 aliphatic carbocycles. The molecule has 0 fully saturated rings. The number of aliphatic hydroxyl groups is 1. The van der Waals surface area contributed by atoms with Crippen LogP contribution < -0.4 is 10.6 Å². The lowest BCUT2D eigenvalue weighted by Crippen LogP contribution is -2.32. The number of nitrogens with zero attached hydrogens (tertiary/aromatic N) is 3. The minimum atomic E-state index is -0.252. The average molecular weight is 250 g/mol. The fraction of sp³-hybridized carbons (Fsp3) is 0.545. The smallest absolute Gasteiger partial charge is 0.226 e. The maximum Gasteiger partial charge on any atom is 0.226 e. The number of H-pyrrole nitrogens is 1. The van der Waals surface area contributed by atoms with E-state index in [4.69, 9.17) is 5.11 Å². The Morgan fingerprint density at radius 1 is 1.39 bits per heavy atom. The van der Waals surface area contributed by atoms with Gasteiger partial charge in [-0.25, -0.2) is 0 Å². The van der Waals surface area contributed by atoms with Crippen molar-refractivity contribution in [3.63, 3.8) is 0 Å². The summed E-state index contributed by atoms with van der Waals surface area (Å²) in [6.07, 6.45) is 2.32. The topological polar surface area (TPSA) is 98.8 Å². The van der Waals surface area contributed by atoms with E-state index in [0.717, 1.165) is 5.39 Å². The zero-order chi connectivity index (χ0) is 13.2. The summed E-state index contributed by atoms with van der Waals surface area (Å²) in [5.74, 6) is 1.23. The van der Waals surface area contributed by atoms with Crippen LogP contribution in [0.15, 0.2) is 6.20 Å². The molecule has 7 heteroatoms. The van der Waals surface area contributed by atoms with Gasteiger partial charge in [0.15, 0.2) is 5.65 Å². The molecule has 18 heavy (non-hydrogen) atoms. The molecule has 7 nitrogen and oxygen atoms in total. The van der Waals surface area contributed by atoms with Crippen molar-refractivity contribution in [1.29, 1.82) is 0 Å². The van der Waals surface area contributed by atoms with Crippen LogP contribution in [0, 0.1) is 0 Å². The quantitative estimate of drug-likeness (QED) is 0.631. The van der Waals surface area contributed by atoms with Crippen molar-refractivity contribution in [3.05, 3.63) is 6.20 Å². The van der Waals surface area contributed by atoms with Gasteiger partial charge in [0.05, 0.1) is 11.6 Å². The molecule has 0 atom stereocenters. The van der Waals surface area contributed by atoms with Crippen LogP contribution in [-0.4, -0.2) is 44.5 Å². The Morgan fingerprint density at radius 3 is 2.83 bits per heavy atom. The van der Waals surface area contributed by atoms with Gasteiger partial charge < -0.3 is 15.7 Å². The lowest BCUT2D eigenvalue weighted by molar-refractivity contribution is 0.260. The molecule has 0 unspecified atom stereocenters.